The summed E-state index contributed by atoms with van der Waals surface area (Å²) < 4.78 is 1.66. The molecule has 0 bridgehead atoms. The number of carbonyl (C=O) groups excluding carboxylic acids is 3. The van der Waals surface area contributed by atoms with Crippen LogP contribution in [0.25, 0.3) is 0 Å². The molecule has 1 saturated heterocycles. The lowest BCUT2D eigenvalue weighted by Gasteiger charge is -2.35. The minimum atomic E-state index is -0.625. The highest BCUT2D eigenvalue weighted by atomic mass is 16.2. The van der Waals surface area contributed by atoms with E-state index in [1.165, 1.54) is 17.7 Å². The van der Waals surface area contributed by atoms with Crippen LogP contribution in [0, 0.1) is 0 Å². The molecule has 2 fully saturated rings. The van der Waals surface area contributed by atoms with E-state index in [1.807, 2.05) is 0 Å². The Kier molecular flexibility index (Phi) is 4.38. The third-order valence-electron chi connectivity index (χ3n) is 5.19. The van der Waals surface area contributed by atoms with Crippen LogP contribution in [-0.2, 0) is 9.59 Å². The summed E-state index contributed by atoms with van der Waals surface area (Å²) in [4.78, 5) is 45.9. The van der Waals surface area contributed by atoms with Gasteiger partial charge in [-0.05, 0) is 17.8 Å². The van der Waals surface area contributed by atoms with Crippen LogP contribution in [0.5, 0.6) is 0 Å². The number of carbonyl (C=O) groups is 3. The number of urea groups is 1. The van der Waals surface area contributed by atoms with Crippen LogP contribution in [0.15, 0.2) is 4.99 Å². The number of likely N-dealkylation sites (N-methyl/N-ethyl adjacent to an activating group) is 3. The van der Waals surface area contributed by atoms with E-state index >= 15 is 0 Å². The molecule has 2 aliphatic heterocycles. The predicted molar refractivity (Wildman–Crippen MR) is 88.0 cm³/mol. The van der Waals surface area contributed by atoms with E-state index in [0.29, 0.717) is 5.84 Å². The van der Waals surface area contributed by atoms with Gasteiger partial charge in [0.05, 0.1) is 7.05 Å². The number of hydrogen-bond donors (Lipinski definition) is 0. The van der Waals surface area contributed by atoms with E-state index in [2.05, 4.69) is 4.99 Å². The van der Waals surface area contributed by atoms with Crippen molar-refractivity contribution in [3.05, 3.63) is 0 Å². The second-order valence-electron chi connectivity index (χ2n) is 6.73. The molecule has 1 unspecified atom stereocenters. The van der Waals surface area contributed by atoms with Gasteiger partial charge in [0, 0.05) is 20.1 Å². The highest BCUT2D eigenvalue weighted by Crippen LogP contribution is 2.22. The van der Waals surface area contributed by atoms with Gasteiger partial charge >= 0.3 is 6.03 Å². The smallest absolute Gasteiger partial charge is 0.334 e. The van der Waals surface area contributed by atoms with Gasteiger partial charge in [-0.2, -0.15) is 0 Å². The van der Waals surface area contributed by atoms with Gasteiger partial charge < -0.3 is 4.90 Å². The normalized spacial score (nSPS) is 24.7. The van der Waals surface area contributed by atoms with Gasteiger partial charge in [-0.1, -0.05) is 19.3 Å². The van der Waals surface area contributed by atoms with Crippen molar-refractivity contribution < 1.29 is 19.0 Å². The summed E-state index contributed by atoms with van der Waals surface area (Å²) in [6.45, 7) is -0.216. The Bertz CT molecular complexity index is 636. The van der Waals surface area contributed by atoms with Gasteiger partial charge in [-0.25, -0.2) is 9.37 Å². The topological polar surface area (TPSA) is 76.3 Å². The van der Waals surface area contributed by atoms with E-state index in [4.69, 9.17) is 0 Å². The largest absolute Gasteiger partial charge is 0.341 e. The summed E-state index contributed by atoms with van der Waals surface area (Å²) in [6, 6.07) is -0.914. The number of imide groups is 1. The third kappa shape index (κ3) is 2.70. The molecule has 8 nitrogen and oxygen atoms in total. The SMILES string of the molecule is CN1C(=O)N(CC(=O)N(C)C2CCCCC2)C(=O)C2C1=NC=[N+]2C. The number of fused-ring (bicyclic) bond motifs is 1. The summed E-state index contributed by atoms with van der Waals surface area (Å²) in [5, 5.41) is 0. The van der Waals surface area contributed by atoms with Crippen molar-refractivity contribution in [1.82, 2.24) is 14.7 Å². The molecule has 0 spiro atoms. The van der Waals surface area contributed by atoms with Crippen molar-refractivity contribution in [3.63, 3.8) is 0 Å². The van der Waals surface area contributed by atoms with E-state index in [1.54, 1.807) is 30.6 Å². The molecule has 0 radical (unpaired) electrons. The second kappa shape index (κ2) is 6.33. The van der Waals surface area contributed by atoms with Gasteiger partial charge in [0.2, 0.25) is 5.91 Å². The van der Waals surface area contributed by atoms with Crippen LogP contribution < -0.4 is 0 Å². The quantitative estimate of drug-likeness (QED) is 0.688. The highest BCUT2D eigenvalue weighted by Gasteiger charge is 2.51. The molecule has 1 saturated carbocycles. The zero-order valence-electron chi connectivity index (χ0n) is 14.4. The Labute approximate surface area is 141 Å². The average molecular weight is 334 g/mol. The Hall–Kier alpha value is -2.25. The maximum absolute atomic E-state index is 12.7. The van der Waals surface area contributed by atoms with Crippen molar-refractivity contribution in [3.8, 4) is 0 Å². The lowest BCUT2D eigenvalue weighted by molar-refractivity contribution is -0.500. The molecule has 0 aromatic heterocycles. The number of aliphatic imine (C=N–C) groups is 1. The summed E-state index contributed by atoms with van der Waals surface area (Å²) in [5.74, 6) is -0.169. The lowest BCUT2D eigenvalue weighted by Crippen LogP contribution is -2.63. The molecule has 1 aliphatic carbocycles. The number of hydrogen-bond acceptors (Lipinski definition) is 4. The molecule has 4 amide bonds. The zero-order chi connectivity index (χ0) is 17.4. The van der Waals surface area contributed by atoms with E-state index in [-0.39, 0.29) is 18.5 Å². The zero-order valence-corrected chi connectivity index (χ0v) is 14.4. The van der Waals surface area contributed by atoms with Crippen molar-refractivity contribution in [1.29, 1.82) is 0 Å². The van der Waals surface area contributed by atoms with Crippen LogP contribution in [0.3, 0.4) is 0 Å². The van der Waals surface area contributed by atoms with Crippen molar-refractivity contribution in [2.45, 2.75) is 44.2 Å². The molecule has 0 aromatic carbocycles. The fourth-order valence-electron chi connectivity index (χ4n) is 3.61. The van der Waals surface area contributed by atoms with Gasteiger partial charge in [0.25, 0.3) is 24.1 Å². The summed E-state index contributed by atoms with van der Waals surface area (Å²) in [5.41, 5.74) is 0. The Morgan fingerprint density at radius 3 is 2.67 bits per heavy atom. The average Bonchev–Trinajstić information content (AvgIpc) is 2.98. The van der Waals surface area contributed by atoms with E-state index in [0.717, 1.165) is 30.6 Å². The molecule has 1 atom stereocenters. The first kappa shape index (κ1) is 16.6. The molecule has 24 heavy (non-hydrogen) atoms. The first-order valence-corrected chi connectivity index (χ1v) is 8.39. The molecule has 0 N–H and O–H groups in total. The number of nitrogens with zero attached hydrogens (tertiary/aromatic N) is 5. The maximum atomic E-state index is 12.7. The van der Waals surface area contributed by atoms with Gasteiger partial charge in [0.15, 0.2) is 0 Å². The number of amides is 4. The predicted octanol–water partition coefficient (Wildman–Crippen LogP) is 0.123. The molecule has 8 heteroatoms. The minimum Gasteiger partial charge on any atom is -0.341 e. The van der Waals surface area contributed by atoms with Gasteiger partial charge in [-0.15, -0.1) is 0 Å². The highest BCUT2D eigenvalue weighted by molar-refractivity contribution is 6.22. The van der Waals surface area contributed by atoms with Crippen molar-refractivity contribution in [2.75, 3.05) is 27.7 Å². The molecule has 3 aliphatic rings. The Morgan fingerprint density at radius 2 is 2.00 bits per heavy atom. The molecule has 130 valence electrons. The summed E-state index contributed by atoms with van der Waals surface area (Å²) >= 11 is 0. The van der Waals surface area contributed by atoms with Crippen LogP contribution in [0.4, 0.5) is 4.79 Å². The van der Waals surface area contributed by atoms with Gasteiger partial charge in [0.1, 0.15) is 6.54 Å². The van der Waals surface area contributed by atoms with Crippen molar-refractivity contribution >= 4 is 30.0 Å². The first-order valence-electron chi connectivity index (χ1n) is 8.39. The monoisotopic (exact) mass is 334 g/mol. The van der Waals surface area contributed by atoms with Crippen molar-refractivity contribution in [2.24, 2.45) is 4.99 Å². The first-order chi connectivity index (χ1) is 11.4. The molecule has 0 aromatic rings. The number of rotatable bonds is 3. The number of amidine groups is 1. The Balaban J connectivity index is 1.72. The van der Waals surface area contributed by atoms with E-state index < -0.39 is 18.0 Å². The lowest BCUT2D eigenvalue weighted by atomic mass is 9.94. The molecule has 3 rings (SSSR count). The third-order valence-corrected chi connectivity index (χ3v) is 5.19. The fourth-order valence-corrected chi connectivity index (χ4v) is 3.61. The van der Waals surface area contributed by atoms with Gasteiger partial charge in [-0.3, -0.25) is 19.4 Å². The molecule has 2 heterocycles. The van der Waals surface area contributed by atoms with Crippen LogP contribution in [0.1, 0.15) is 32.1 Å². The fraction of sp³-hybridized carbons (Fsp3) is 0.688. The molecular formula is C16H24N5O3+. The standard InChI is InChI=1S/C16H24N5O3/c1-18-10-17-14-13(18)15(23)21(16(24)20(14)3)9-12(22)19(2)11-7-5-4-6-8-11/h10-11,13H,4-9H2,1-3H3/q+1. The minimum absolute atomic E-state index is 0.193. The summed E-state index contributed by atoms with van der Waals surface area (Å²) in [7, 11) is 5.08. The summed E-state index contributed by atoms with van der Waals surface area (Å²) in [6.07, 6.45) is 6.95. The van der Waals surface area contributed by atoms with Crippen LogP contribution >= 0.6 is 0 Å². The maximum Gasteiger partial charge on any atom is 0.334 e. The van der Waals surface area contributed by atoms with Crippen LogP contribution in [0.2, 0.25) is 0 Å². The molecular weight excluding hydrogens is 310 g/mol. The second-order valence-corrected chi connectivity index (χ2v) is 6.73. The van der Waals surface area contributed by atoms with Crippen LogP contribution in [-0.4, -0.2) is 89.1 Å². The van der Waals surface area contributed by atoms with E-state index in [9.17, 15) is 14.4 Å². The Morgan fingerprint density at radius 1 is 1.33 bits per heavy atom.